The van der Waals surface area contributed by atoms with Crippen molar-refractivity contribution in [3.8, 4) is 22.3 Å². The zero-order valence-corrected chi connectivity index (χ0v) is 27.1. The van der Waals surface area contributed by atoms with Crippen molar-refractivity contribution >= 4 is 11.8 Å². The summed E-state index contributed by atoms with van der Waals surface area (Å²) in [6, 6.07) is 26.4. The molecule has 2 amide bonds. The molecule has 0 unspecified atom stereocenters. The Hall–Kier alpha value is -4.64. The van der Waals surface area contributed by atoms with Crippen molar-refractivity contribution in [1.82, 2.24) is 16.0 Å². The number of amides is 2. The molecule has 11 heteroatoms. The van der Waals surface area contributed by atoms with Gasteiger partial charge in [-0.25, -0.2) is 0 Å². The van der Waals surface area contributed by atoms with E-state index in [1.165, 1.54) is 12.1 Å². The van der Waals surface area contributed by atoms with E-state index < -0.39 is 35.8 Å². The summed E-state index contributed by atoms with van der Waals surface area (Å²) in [5.41, 5.74) is 2.55. The lowest BCUT2D eigenvalue weighted by molar-refractivity contribution is -0.141. The summed E-state index contributed by atoms with van der Waals surface area (Å²) in [5, 5.41) is 8.82. The Labute approximate surface area is 286 Å². The zero-order chi connectivity index (χ0) is 35.5. The van der Waals surface area contributed by atoms with E-state index in [1.54, 1.807) is 36.4 Å². The number of carbonyl (C=O) groups excluding carboxylic acids is 2. The van der Waals surface area contributed by atoms with Gasteiger partial charge in [0.05, 0.1) is 5.56 Å². The number of nitrogens with one attached hydrogen (secondary N) is 3. The third kappa shape index (κ3) is 7.43. The monoisotopic (exact) mass is 693 g/mol. The van der Waals surface area contributed by atoms with Gasteiger partial charge >= 0.3 is 12.4 Å². The van der Waals surface area contributed by atoms with Crippen LogP contribution in [0.4, 0.5) is 26.3 Å². The number of rotatable bonds is 10. The summed E-state index contributed by atoms with van der Waals surface area (Å²) in [7, 11) is 0. The van der Waals surface area contributed by atoms with Crippen LogP contribution >= 0.6 is 0 Å². The molecule has 4 aromatic carbocycles. The van der Waals surface area contributed by atoms with Crippen molar-refractivity contribution in [1.29, 1.82) is 0 Å². The fourth-order valence-electron chi connectivity index (χ4n) is 7.42. The maximum absolute atomic E-state index is 13.7. The molecule has 2 aliphatic carbocycles. The molecule has 4 aromatic rings. The van der Waals surface area contributed by atoms with Crippen LogP contribution in [0.1, 0.15) is 65.6 Å². The van der Waals surface area contributed by atoms with E-state index in [2.05, 4.69) is 16.0 Å². The summed E-state index contributed by atoms with van der Waals surface area (Å²) in [6.07, 6.45) is -5.11. The maximum Gasteiger partial charge on any atom is 0.416 e. The van der Waals surface area contributed by atoms with E-state index in [4.69, 9.17) is 0 Å². The number of carbonyl (C=O) groups is 2. The minimum atomic E-state index is -4.54. The first-order valence-electron chi connectivity index (χ1n) is 16.7. The second kappa shape index (κ2) is 14.3. The Morgan fingerprint density at radius 1 is 0.680 bits per heavy atom. The van der Waals surface area contributed by atoms with Crippen LogP contribution in [0, 0.1) is 0 Å². The van der Waals surface area contributed by atoms with Gasteiger partial charge in [0.2, 0.25) is 5.91 Å². The molecule has 0 heterocycles. The average molecular weight is 694 g/mol. The summed E-state index contributed by atoms with van der Waals surface area (Å²) < 4.78 is 78.7. The minimum Gasteiger partial charge on any atom is -0.349 e. The van der Waals surface area contributed by atoms with Crippen LogP contribution in [-0.2, 0) is 16.4 Å². The summed E-state index contributed by atoms with van der Waals surface area (Å²) >= 11 is 0. The van der Waals surface area contributed by atoms with Crippen LogP contribution in [-0.4, -0.2) is 43.2 Å². The van der Waals surface area contributed by atoms with Crippen molar-refractivity contribution in [3.63, 3.8) is 0 Å². The molecule has 5 nitrogen and oxygen atoms in total. The summed E-state index contributed by atoms with van der Waals surface area (Å²) in [4.78, 5) is 27.0. The highest BCUT2D eigenvalue weighted by Crippen LogP contribution is 2.51. The Morgan fingerprint density at radius 3 is 1.80 bits per heavy atom. The Balaban J connectivity index is 1.05. The van der Waals surface area contributed by atoms with E-state index in [9.17, 15) is 35.9 Å². The first-order chi connectivity index (χ1) is 23.9. The summed E-state index contributed by atoms with van der Waals surface area (Å²) in [6.45, 7) is -0.850. The van der Waals surface area contributed by atoms with E-state index >= 15 is 0 Å². The molecule has 50 heavy (non-hydrogen) atoms. The largest absolute Gasteiger partial charge is 0.416 e. The second-order valence-corrected chi connectivity index (χ2v) is 13.0. The molecule has 0 bridgehead atoms. The van der Waals surface area contributed by atoms with Gasteiger partial charge in [0.25, 0.3) is 5.91 Å². The smallest absolute Gasteiger partial charge is 0.349 e. The topological polar surface area (TPSA) is 70.2 Å². The number of hydrogen-bond acceptors (Lipinski definition) is 3. The van der Waals surface area contributed by atoms with Gasteiger partial charge in [-0.1, -0.05) is 78.9 Å². The van der Waals surface area contributed by atoms with E-state index in [0.29, 0.717) is 47.2 Å². The van der Waals surface area contributed by atoms with Crippen molar-refractivity contribution in [2.45, 2.75) is 68.4 Å². The van der Waals surface area contributed by atoms with Gasteiger partial charge in [-0.3, -0.25) is 9.59 Å². The molecule has 0 radical (unpaired) electrons. The predicted octanol–water partition coefficient (Wildman–Crippen LogP) is 8.43. The van der Waals surface area contributed by atoms with Gasteiger partial charge in [0.1, 0.15) is 12.0 Å². The highest BCUT2D eigenvalue weighted by atomic mass is 19.4. The fourth-order valence-corrected chi connectivity index (χ4v) is 7.42. The Morgan fingerprint density at radius 2 is 1.22 bits per heavy atom. The third-order valence-corrected chi connectivity index (χ3v) is 9.82. The molecule has 0 aliphatic heterocycles. The van der Waals surface area contributed by atoms with Crippen LogP contribution in [0.5, 0.6) is 0 Å². The van der Waals surface area contributed by atoms with Gasteiger partial charge in [0, 0.05) is 17.6 Å². The lowest BCUT2D eigenvalue weighted by atomic mass is 9.73. The predicted molar refractivity (Wildman–Crippen MR) is 179 cm³/mol. The molecule has 2 aliphatic rings. The van der Waals surface area contributed by atoms with Crippen molar-refractivity contribution in [3.05, 3.63) is 119 Å². The summed E-state index contributed by atoms with van der Waals surface area (Å²) in [5.74, 6) is -0.952. The normalized spacial score (nSPS) is 18.2. The van der Waals surface area contributed by atoms with Gasteiger partial charge in [-0.15, -0.1) is 0 Å². The van der Waals surface area contributed by atoms with Crippen LogP contribution in [0.25, 0.3) is 22.3 Å². The van der Waals surface area contributed by atoms with E-state index in [-0.39, 0.29) is 18.0 Å². The maximum atomic E-state index is 13.7. The zero-order valence-electron chi connectivity index (χ0n) is 27.1. The van der Waals surface area contributed by atoms with Crippen LogP contribution in [0.3, 0.4) is 0 Å². The molecule has 6 rings (SSSR count). The van der Waals surface area contributed by atoms with Crippen LogP contribution < -0.4 is 16.0 Å². The highest BCUT2D eigenvalue weighted by molar-refractivity contribution is 6.01. The number of hydrogen-bond donors (Lipinski definition) is 3. The first kappa shape index (κ1) is 35.2. The van der Waals surface area contributed by atoms with E-state index in [1.807, 2.05) is 36.4 Å². The fraction of sp³-hybridized carbons (Fsp3) is 0.333. The molecular formula is C39H37F6N3O2. The number of fused-ring (bicyclic) bond motifs is 3. The average Bonchev–Trinajstić information content (AvgIpc) is 3.39. The Kier molecular flexibility index (Phi) is 10.1. The lowest BCUT2D eigenvalue weighted by Gasteiger charge is -2.32. The van der Waals surface area contributed by atoms with Crippen molar-refractivity contribution < 1.29 is 35.9 Å². The molecule has 1 fully saturated rings. The number of benzene rings is 4. The standard InChI is InChI=1S/C39H37F6N3O2/c40-38(41,42)24-47-36(50)37(33-12-5-3-9-30(33)31-10-4-6-13-34(31)37)22-7-23-46-27-18-20-28(21-19-27)48-35(49)32-11-2-1-8-29(32)25-14-16-26(17-15-25)39(43,44)45/h1-6,8-17,27-28,46H,7,18-24H2,(H,47,50)(H,48,49). The SMILES string of the molecule is O=C(NC1CCC(NCCCC2(C(=O)NCC(F)(F)F)c3ccccc3-c3ccccc32)CC1)c1ccccc1-c1ccc(C(F)(F)F)cc1. The first-order valence-corrected chi connectivity index (χ1v) is 16.7. The van der Waals surface area contributed by atoms with Crippen LogP contribution in [0.2, 0.25) is 0 Å². The number of halogens is 6. The van der Waals surface area contributed by atoms with Gasteiger partial charge in [-0.05, 0) is 96.6 Å². The molecule has 0 aromatic heterocycles. The second-order valence-electron chi connectivity index (χ2n) is 13.0. The van der Waals surface area contributed by atoms with Crippen molar-refractivity contribution in [2.75, 3.05) is 13.1 Å². The molecule has 0 spiro atoms. The third-order valence-electron chi connectivity index (χ3n) is 9.82. The molecule has 0 saturated heterocycles. The highest BCUT2D eigenvalue weighted by Gasteiger charge is 2.49. The van der Waals surface area contributed by atoms with E-state index in [0.717, 1.165) is 48.9 Å². The lowest BCUT2D eigenvalue weighted by Crippen LogP contribution is -2.47. The number of alkyl halides is 6. The molecule has 262 valence electrons. The minimum absolute atomic E-state index is 0.0756. The van der Waals surface area contributed by atoms with Gasteiger partial charge < -0.3 is 16.0 Å². The Bertz CT molecular complexity index is 1780. The van der Waals surface area contributed by atoms with Crippen LogP contribution in [0.15, 0.2) is 97.1 Å². The van der Waals surface area contributed by atoms with Gasteiger partial charge in [0.15, 0.2) is 0 Å². The van der Waals surface area contributed by atoms with Crippen molar-refractivity contribution in [2.24, 2.45) is 0 Å². The molecular weight excluding hydrogens is 656 g/mol. The molecule has 3 N–H and O–H groups in total. The molecule has 1 saturated carbocycles. The van der Waals surface area contributed by atoms with Gasteiger partial charge in [-0.2, -0.15) is 26.3 Å². The molecule has 0 atom stereocenters. The quantitative estimate of drug-likeness (QED) is 0.115.